The predicted molar refractivity (Wildman–Crippen MR) is 66.8 cm³/mol. The van der Waals surface area contributed by atoms with Gasteiger partial charge in [-0.25, -0.2) is 0 Å². The zero-order valence-electron chi connectivity index (χ0n) is 9.59. The summed E-state index contributed by atoms with van der Waals surface area (Å²) < 4.78 is 0. The van der Waals surface area contributed by atoms with Crippen LogP contribution in [0.2, 0.25) is 0 Å². The van der Waals surface area contributed by atoms with Gasteiger partial charge in [-0.1, -0.05) is 48.6 Å². The molecule has 0 aliphatic rings. The molecule has 0 aliphatic carbocycles. The van der Waals surface area contributed by atoms with E-state index < -0.39 is 0 Å². The molecule has 1 N–H and O–H groups in total. The first kappa shape index (κ1) is 11.6. The number of nitrogens with one attached hydrogen (secondary N) is 1. The van der Waals surface area contributed by atoms with E-state index in [1.807, 2.05) is 6.92 Å². The second-order valence-corrected chi connectivity index (χ2v) is 3.96. The van der Waals surface area contributed by atoms with Crippen LogP contribution < -0.4 is 5.32 Å². The van der Waals surface area contributed by atoms with Crippen LogP contribution in [0, 0.1) is 6.92 Å². The minimum Gasteiger partial charge on any atom is -0.385 e. The molecular formula is C14H19N. The highest BCUT2D eigenvalue weighted by Gasteiger charge is 2.07. The molecule has 1 atom stereocenters. The zero-order chi connectivity index (χ0) is 11.3. The molecule has 1 aromatic rings. The van der Waals surface area contributed by atoms with Crippen molar-refractivity contribution >= 4 is 0 Å². The van der Waals surface area contributed by atoms with Gasteiger partial charge < -0.3 is 5.32 Å². The first-order valence-electron chi connectivity index (χ1n) is 5.21. The standard InChI is InChI=1S/C14H19N/c1-5-15-14(11(2)3)10-13-8-6-12(4)7-9-13/h5-9,14-15H,1-2,10H2,3-4H3. The molecule has 0 heterocycles. The Morgan fingerprint density at radius 2 is 2.00 bits per heavy atom. The van der Waals surface area contributed by atoms with Crippen molar-refractivity contribution < 1.29 is 0 Å². The van der Waals surface area contributed by atoms with Crippen molar-refractivity contribution in [2.24, 2.45) is 0 Å². The summed E-state index contributed by atoms with van der Waals surface area (Å²) >= 11 is 0. The topological polar surface area (TPSA) is 12.0 Å². The Labute approximate surface area is 92.5 Å². The van der Waals surface area contributed by atoms with E-state index >= 15 is 0 Å². The van der Waals surface area contributed by atoms with Crippen LogP contribution in [0.1, 0.15) is 18.1 Å². The first-order chi connectivity index (χ1) is 7.13. The molecular weight excluding hydrogens is 182 g/mol. The molecule has 0 aromatic heterocycles. The predicted octanol–water partition coefficient (Wildman–Crippen LogP) is 3.22. The van der Waals surface area contributed by atoms with Crippen LogP contribution in [0.15, 0.2) is 49.2 Å². The Balaban J connectivity index is 2.69. The van der Waals surface area contributed by atoms with E-state index in [0.717, 1.165) is 12.0 Å². The fourth-order valence-corrected chi connectivity index (χ4v) is 1.48. The second-order valence-electron chi connectivity index (χ2n) is 3.96. The summed E-state index contributed by atoms with van der Waals surface area (Å²) in [4.78, 5) is 0. The number of hydrogen-bond acceptors (Lipinski definition) is 1. The molecule has 15 heavy (non-hydrogen) atoms. The van der Waals surface area contributed by atoms with Gasteiger partial charge >= 0.3 is 0 Å². The van der Waals surface area contributed by atoms with Gasteiger partial charge in [-0.15, -0.1) is 0 Å². The second kappa shape index (κ2) is 5.40. The average Bonchev–Trinajstić information content (AvgIpc) is 2.20. The SMILES string of the molecule is C=CNC(Cc1ccc(C)cc1)C(=C)C. The maximum absolute atomic E-state index is 3.98. The van der Waals surface area contributed by atoms with Crippen molar-refractivity contribution in [2.45, 2.75) is 26.3 Å². The van der Waals surface area contributed by atoms with Crippen LogP contribution in [0.25, 0.3) is 0 Å². The van der Waals surface area contributed by atoms with Gasteiger partial charge in [0.25, 0.3) is 0 Å². The Morgan fingerprint density at radius 3 is 2.47 bits per heavy atom. The van der Waals surface area contributed by atoms with Crippen LogP contribution in [0.4, 0.5) is 0 Å². The quantitative estimate of drug-likeness (QED) is 0.721. The minimum absolute atomic E-state index is 0.283. The molecule has 0 fully saturated rings. The fourth-order valence-electron chi connectivity index (χ4n) is 1.48. The lowest BCUT2D eigenvalue weighted by Crippen LogP contribution is -2.27. The maximum atomic E-state index is 3.98. The van der Waals surface area contributed by atoms with E-state index in [1.54, 1.807) is 6.20 Å². The van der Waals surface area contributed by atoms with Gasteiger partial charge in [0.1, 0.15) is 0 Å². The zero-order valence-corrected chi connectivity index (χ0v) is 9.59. The van der Waals surface area contributed by atoms with E-state index in [4.69, 9.17) is 0 Å². The van der Waals surface area contributed by atoms with Crippen LogP contribution in [-0.4, -0.2) is 6.04 Å². The number of hydrogen-bond donors (Lipinski definition) is 1. The third-order valence-electron chi connectivity index (χ3n) is 2.47. The number of benzene rings is 1. The minimum atomic E-state index is 0.283. The molecule has 1 rings (SSSR count). The van der Waals surface area contributed by atoms with E-state index in [-0.39, 0.29) is 6.04 Å². The van der Waals surface area contributed by atoms with Crippen molar-refractivity contribution in [3.8, 4) is 0 Å². The van der Waals surface area contributed by atoms with Crippen molar-refractivity contribution in [1.29, 1.82) is 0 Å². The first-order valence-corrected chi connectivity index (χ1v) is 5.21. The largest absolute Gasteiger partial charge is 0.385 e. The van der Waals surface area contributed by atoms with Crippen molar-refractivity contribution in [3.63, 3.8) is 0 Å². The van der Waals surface area contributed by atoms with Gasteiger partial charge in [0, 0.05) is 0 Å². The van der Waals surface area contributed by atoms with Crippen LogP contribution in [0.3, 0.4) is 0 Å². The van der Waals surface area contributed by atoms with Gasteiger partial charge in [0.15, 0.2) is 0 Å². The lowest BCUT2D eigenvalue weighted by molar-refractivity contribution is 0.663. The molecule has 0 saturated carbocycles. The fraction of sp³-hybridized carbons (Fsp3) is 0.286. The van der Waals surface area contributed by atoms with Gasteiger partial charge in [-0.05, 0) is 32.0 Å². The molecule has 0 bridgehead atoms. The molecule has 0 saturated heterocycles. The number of rotatable bonds is 5. The van der Waals surface area contributed by atoms with E-state index in [0.29, 0.717) is 0 Å². The normalized spacial score (nSPS) is 11.9. The summed E-state index contributed by atoms with van der Waals surface area (Å²) in [6, 6.07) is 8.88. The Morgan fingerprint density at radius 1 is 1.40 bits per heavy atom. The lowest BCUT2D eigenvalue weighted by Gasteiger charge is -2.17. The van der Waals surface area contributed by atoms with Crippen LogP contribution in [0.5, 0.6) is 0 Å². The smallest absolute Gasteiger partial charge is 0.0503 e. The monoisotopic (exact) mass is 201 g/mol. The molecule has 0 spiro atoms. The Kier molecular flexibility index (Phi) is 4.17. The number of aryl methyl sites for hydroxylation is 1. The molecule has 0 aliphatic heterocycles. The molecule has 1 aromatic carbocycles. The van der Waals surface area contributed by atoms with Crippen LogP contribution in [-0.2, 0) is 6.42 Å². The van der Waals surface area contributed by atoms with Crippen molar-refractivity contribution in [1.82, 2.24) is 5.32 Å². The lowest BCUT2D eigenvalue weighted by atomic mass is 10.0. The third-order valence-corrected chi connectivity index (χ3v) is 2.47. The van der Waals surface area contributed by atoms with Crippen LogP contribution >= 0.6 is 0 Å². The summed E-state index contributed by atoms with van der Waals surface area (Å²) in [6.45, 7) is 11.8. The molecule has 1 nitrogen and oxygen atoms in total. The summed E-state index contributed by atoms with van der Waals surface area (Å²) in [5.74, 6) is 0. The maximum Gasteiger partial charge on any atom is 0.0503 e. The van der Waals surface area contributed by atoms with Crippen molar-refractivity contribution in [3.05, 3.63) is 60.3 Å². The van der Waals surface area contributed by atoms with E-state index in [2.05, 4.69) is 49.7 Å². The molecule has 1 unspecified atom stereocenters. The summed E-state index contributed by atoms with van der Waals surface area (Å²) in [7, 11) is 0. The Bertz CT molecular complexity index is 335. The third kappa shape index (κ3) is 3.62. The van der Waals surface area contributed by atoms with E-state index in [1.165, 1.54) is 11.1 Å². The highest BCUT2D eigenvalue weighted by molar-refractivity contribution is 5.24. The molecule has 1 heteroatoms. The summed E-state index contributed by atoms with van der Waals surface area (Å²) in [5.41, 5.74) is 3.75. The summed E-state index contributed by atoms with van der Waals surface area (Å²) in [5, 5.41) is 3.21. The highest BCUT2D eigenvalue weighted by atomic mass is 14.9. The highest BCUT2D eigenvalue weighted by Crippen LogP contribution is 2.10. The van der Waals surface area contributed by atoms with Gasteiger partial charge in [0.2, 0.25) is 0 Å². The van der Waals surface area contributed by atoms with Gasteiger partial charge in [0.05, 0.1) is 6.04 Å². The molecule has 80 valence electrons. The molecule has 0 amide bonds. The van der Waals surface area contributed by atoms with E-state index in [9.17, 15) is 0 Å². The average molecular weight is 201 g/mol. The van der Waals surface area contributed by atoms with Gasteiger partial charge in [-0.3, -0.25) is 0 Å². The van der Waals surface area contributed by atoms with Crippen molar-refractivity contribution in [2.75, 3.05) is 0 Å². The van der Waals surface area contributed by atoms with Gasteiger partial charge in [-0.2, -0.15) is 0 Å². The summed E-state index contributed by atoms with van der Waals surface area (Å²) in [6.07, 6.45) is 2.69. The Hall–Kier alpha value is -1.50. The molecule has 0 radical (unpaired) electrons.